The van der Waals surface area contributed by atoms with Crippen LogP contribution in [0.3, 0.4) is 0 Å². The van der Waals surface area contributed by atoms with Crippen LogP contribution in [0, 0.1) is 0 Å². The molecule has 23 heavy (non-hydrogen) atoms. The number of benzene rings is 1. The van der Waals surface area contributed by atoms with E-state index in [1.807, 2.05) is 60.2 Å². The Morgan fingerprint density at radius 1 is 1.09 bits per heavy atom. The van der Waals surface area contributed by atoms with Gasteiger partial charge >= 0.3 is 0 Å². The van der Waals surface area contributed by atoms with Gasteiger partial charge in [-0.25, -0.2) is 4.98 Å². The number of hydrogen-bond donors (Lipinski definition) is 1. The molecular weight excluding hydrogens is 288 g/mol. The summed E-state index contributed by atoms with van der Waals surface area (Å²) in [6.07, 6.45) is 5.43. The molecule has 0 aliphatic heterocycles. The number of nitrogens with zero attached hydrogens (tertiary/aromatic N) is 3. The lowest BCUT2D eigenvalue weighted by Gasteiger charge is -2.14. The molecule has 0 aliphatic rings. The molecule has 5 nitrogen and oxygen atoms in total. The van der Waals surface area contributed by atoms with E-state index in [9.17, 15) is 4.79 Å². The van der Waals surface area contributed by atoms with E-state index in [0.717, 1.165) is 22.8 Å². The molecule has 1 atom stereocenters. The van der Waals surface area contributed by atoms with Gasteiger partial charge in [0.15, 0.2) is 5.82 Å². The predicted octanol–water partition coefficient (Wildman–Crippen LogP) is 3.13. The molecule has 5 heteroatoms. The molecule has 116 valence electrons. The zero-order valence-corrected chi connectivity index (χ0v) is 13.1. The first kappa shape index (κ1) is 15.0. The fourth-order valence-electron chi connectivity index (χ4n) is 2.51. The molecule has 0 fully saturated rings. The summed E-state index contributed by atoms with van der Waals surface area (Å²) in [7, 11) is 0. The van der Waals surface area contributed by atoms with Crippen LogP contribution < -0.4 is 5.32 Å². The average molecular weight is 306 g/mol. The summed E-state index contributed by atoms with van der Waals surface area (Å²) < 4.78 is 2.00. The quantitative estimate of drug-likeness (QED) is 0.805. The molecule has 0 spiro atoms. The maximum Gasteiger partial charge on any atom is 0.217 e. The Morgan fingerprint density at radius 3 is 2.52 bits per heavy atom. The van der Waals surface area contributed by atoms with Crippen molar-refractivity contribution >= 4 is 5.91 Å². The number of imidazole rings is 1. The van der Waals surface area contributed by atoms with E-state index in [-0.39, 0.29) is 11.9 Å². The van der Waals surface area contributed by atoms with Gasteiger partial charge in [-0.05, 0) is 36.8 Å². The Balaban J connectivity index is 1.89. The molecule has 0 radical (unpaired) electrons. The van der Waals surface area contributed by atoms with Gasteiger partial charge < -0.3 is 5.32 Å². The van der Waals surface area contributed by atoms with Crippen LogP contribution in [0.4, 0.5) is 0 Å². The molecule has 0 unspecified atom stereocenters. The largest absolute Gasteiger partial charge is 0.350 e. The van der Waals surface area contributed by atoms with Gasteiger partial charge in [0.1, 0.15) is 5.69 Å². The fourth-order valence-corrected chi connectivity index (χ4v) is 2.51. The second kappa shape index (κ2) is 6.44. The summed E-state index contributed by atoms with van der Waals surface area (Å²) in [5, 5.41) is 2.88. The Hall–Kier alpha value is -2.95. The van der Waals surface area contributed by atoms with Crippen LogP contribution >= 0.6 is 0 Å². The third-order valence-corrected chi connectivity index (χ3v) is 3.63. The smallest absolute Gasteiger partial charge is 0.217 e. The number of aromatic nitrogens is 3. The maximum atomic E-state index is 11.2. The highest BCUT2D eigenvalue weighted by molar-refractivity contribution is 5.73. The summed E-state index contributed by atoms with van der Waals surface area (Å²) in [6, 6.07) is 13.8. The number of rotatable bonds is 4. The third-order valence-electron chi connectivity index (χ3n) is 3.63. The molecule has 0 bridgehead atoms. The first-order valence-corrected chi connectivity index (χ1v) is 7.47. The molecule has 3 rings (SSSR count). The standard InChI is InChI=1S/C18H18N4O/c1-13(21-14(2)23)15-6-8-16(9-7-15)22-12-11-20-18(22)17-5-3-4-10-19-17/h3-13H,1-2H3,(H,21,23)/t13-/m1/s1. The Labute approximate surface area is 135 Å². The minimum atomic E-state index is -0.0337. The highest BCUT2D eigenvalue weighted by Gasteiger charge is 2.10. The summed E-state index contributed by atoms with van der Waals surface area (Å²) in [4.78, 5) is 19.9. The second-order valence-electron chi connectivity index (χ2n) is 5.35. The number of hydrogen-bond acceptors (Lipinski definition) is 3. The molecule has 2 aromatic heterocycles. The lowest BCUT2D eigenvalue weighted by Crippen LogP contribution is -2.23. The van der Waals surface area contributed by atoms with E-state index in [1.165, 1.54) is 6.92 Å². The lowest BCUT2D eigenvalue weighted by molar-refractivity contribution is -0.119. The second-order valence-corrected chi connectivity index (χ2v) is 5.35. The first-order valence-electron chi connectivity index (χ1n) is 7.47. The van der Waals surface area contributed by atoms with Crippen molar-refractivity contribution in [3.8, 4) is 17.2 Å². The molecule has 0 saturated carbocycles. The van der Waals surface area contributed by atoms with Crippen molar-refractivity contribution in [1.82, 2.24) is 19.9 Å². The highest BCUT2D eigenvalue weighted by atomic mass is 16.1. The molecule has 1 aromatic carbocycles. The highest BCUT2D eigenvalue weighted by Crippen LogP contribution is 2.21. The van der Waals surface area contributed by atoms with Gasteiger partial charge in [0.25, 0.3) is 0 Å². The van der Waals surface area contributed by atoms with E-state index in [2.05, 4.69) is 15.3 Å². The normalized spacial score (nSPS) is 11.9. The van der Waals surface area contributed by atoms with Crippen LogP contribution in [0.2, 0.25) is 0 Å². The number of amides is 1. The zero-order chi connectivity index (χ0) is 16.2. The monoisotopic (exact) mass is 306 g/mol. The Kier molecular flexibility index (Phi) is 4.19. The Bertz CT molecular complexity index is 793. The molecule has 0 aliphatic carbocycles. The summed E-state index contributed by atoms with van der Waals surface area (Å²) in [6.45, 7) is 3.49. The molecule has 3 aromatic rings. The summed E-state index contributed by atoms with van der Waals surface area (Å²) >= 11 is 0. The van der Waals surface area contributed by atoms with Gasteiger partial charge in [-0.2, -0.15) is 0 Å². The van der Waals surface area contributed by atoms with Crippen molar-refractivity contribution in [1.29, 1.82) is 0 Å². The van der Waals surface area contributed by atoms with Crippen LogP contribution in [0.25, 0.3) is 17.2 Å². The fraction of sp³-hybridized carbons (Fsp3) is 0.167. The predicted molar refractivity (Wildman–Crippen MR) is 89.0 cm³/mol. The van der Waals surface area contributed by atoms with Crippen molar-refractivity contribution in [3.63, 3.8) is 0 Å². The zero-order valence-electron chi connectivity index (χ0n) is 13.1. The van der Waals surface area contributed by atoms with Crippen LogP contribution in [-0.4, -0.2) is 20.4 Å². The topological polar surface area (TPSA) is 59.8 Å². The minimum Gasteiger partial charge on any atom is -0.350 e. The number of pyridine rings is 1. The van der Waals surface area contributed by atoms with E-state index in [0.29, 0.717) is 0 Å². The number of carbonyl (C=O) groups is 1. The SMILES string of the molecule is CC(=O)N[C@H](C)c1ccc(-n2ccnc2-c2ccccn2)cc1. The van der Waals surface area contributed by atoms with Crippen LogP contribution in [0.5, 0.6) is 0 Å². The van der Waals surface area contributed by atoms with Gasteiger partial charge in [0, 0.05) is 31.2 Å². The van der Waals surface area contributed by atoms with Gasteiger partial charge in [-0.3, -0.25) is 14.3 Å². The van der Waals surface area contributed by atoms with Crippen LogP contribution in [0.15, 0.2) is 61.1 Å². The summed E-state index contributed by atoms with van der Waals surface area (Å²) in [5.74, 6) is 0.766. The lowest BCUT2D eigenvalue weighted by atomic mass is 10.1. The van der Waals surface area contributed by atoms with E-state index >= 15 is 0 Å². The Morgan fingerprint density at radius 2 is 1.87 bits per heavy atom. The van der Waals surface area contributed by atoms with Crippen molar-refractivity contribution in [3.05, 3.63) is 66.6 Å². The van der Waals surface area contributed by atoms with Crippen LogP contribution in [0.1, 0.15) is 25.5 Å². The van der Waals surface area contributed by atoms with Crippen molar-refractivity contribution in [2.24, 2.45) is 0 Å². The molecule has 2 heterocycles. The van der Waals surface area contributed by atoms with E-state index < -0.39 is 0 Å². The molecular formula is C18H18N4O. The minimum absolute atomic E-state index is 0.0143. The van der Waals surface area contributed by atoms with Crippen molar-refractivity contribution in [2.45, 2.75) is 19.9 Å². The van der Waals surface area contributed by atoms with E-state index in [1.54, 1.807) is 12.4 Å². The maximum absolute atomic E-state index is 11.2. The van der Waals surface area contributed by atoms with Gasteiger partial charge in [0.05, 0.1) is 6.04 Å². The van der Waals surface area contributed by atoms with Crippen molar-refractivity contribution in [2.75, 3.05) is 0 Å². The molecule has 1 N–H and O–H groups in total. The third kappa shape index (κ3) is 3.29. The van der Waals surface area contributed by atoms with Crippen LogP contribution in [-0.2, 0) is 4.79 Å². The molecule has 0 saturated heterocycles. The van der Waals surface area contributed by atoms with Crippen molar-refractivity contribution < 1.29 is 4.79 Å². The first-order chi connectivity index (χ1) is 11.1. The number of carbonyl (C=O) groups excluding carboxylic acids is 1. The summed E-state index contributed by atoms with van der Waals surface area (Å²) in [5.41, 5.74) is 2.89. The van der Waals surface area contributed by atoms with Gasteiger partial charge in [-0.15, -0.1) is 0 Å². The van der Waals surface area contributed by atoms with E-state index in [4.69, 9.17) is 0 Å². The van der Waals surface area contributed by atoms with Gasteiger partial charge in [-0.1, -0.05) is 18.2 Å². The molecule has 1 amide bonds. The van der Waals surface area contributed by atoms with Gasteiger partial charge in [0.2, 0.25) is 5.91 Å². The number of nitrogens with one attached hydrogen (secondary N) is 1. The average Bonchev–Trinajstić information content (AvgIpc) is 3.05.